The molecule has 4 rings (SSSR count). The number of nitrogens with one attached hydrogen (secondary N) is 1. The highest BCUT2D eigenvalue weighted by atomic mass is 32.2. The van der Waals surface area contributed by atoms with Crippen molar-refractivity contribution in [3.05, 3.63) is 48.2 Å². The summed E-state index contributed by atoms with van der Waals surface area (Å²) in [4.78, 5) is 17.4. The molecule has 3 aromatic heterocycles. The summed E-state index contributed by atoms with van der Waals surface area (Å²) in [6.07, 6.45) is 8.06. The third-order valence-electron chi connectivity index (χ3n) is 4.89. The standard InChI is InChI=1S/C21H23N5O3S/c1-27-17-8-13(10-24-21(17)28-2)16-9-19(26-12-25-16)23-11-18(30-3)14-4-6-22-15-5-7-29-20(14)15/h4,6,8-10,12,18H,5,7,11H2,1-3H3,(H,23,25,26). The Kier molecular flexibility index (Phi) is 6.18. The first-order valence-corrected chi connectivity index (χ1v) is 10.8. The molecule has 8 nitrogen and oxygen atoms in total. The van der Waals surface area contributed by atoms with Gasteiger partial charge in [-0.3, -0.25) is 4.98 Å². The molecule has 9 heteroatoms. The van der Waals surface area contributed by atoms with Gasteiger partial charge in [0.2, 0.25) is 0 Å². The number of ether oxygens (including phenoxy) is 3. The summed E-state index contributed by atoms with van der Waals surface area (Å²) >= 11 is 1.76. The van der Waals surface area contributed by atoms with Crippen LogP contribution in [0.4, 0.5) is 5.82 Å². The minimum absolute atomic E-state index is 0.209. The first kappa shape index (κ1) is 20.2. The van der Waals surface area contributed by atoms with Gasteiger partial charge in [0.05, 0.1) is 37.5 Å². The molecule has 1 aliphatic heterocycles. The van der Waals surface area contributed by atoms with E-state index >= 15 is 0 Å². The monoisotopic (exact) mass is 425 g/mol. The summed E-state index contributed by atoms with van der Waals surface area (Å²) in [5, 5.41) is 3.63. The summed E-state index contributed by atoms with van der Waals surface area (Å²) in [7, 11) is 3.14. The van der Waals surface area contributed by atoms with Gasteiger partial charge in [0.25, 0.3) is 5.88 Å². The number of pyridine rings is 2. The van der Waals surface area contributed by atoms with Crippen molar-refractivity contribution in [1.29, 1.82) is 0 Å². The van der Waals surface area contributed by atoms with Crippen molar-refractivity contribution in [1.82, 2.24) is 19.9 Å². The first-order chi connectivity index (χ1) is 14.7. The molecule has 30 heavy (non-hydrogen) atoms. The molecule has 1 N–H and O–H groups in total. The van der Waals surface area contributed by atoms with Crippen LogP contribution in [-0.4, -0.2) is 53.6 Å². The van der Waals surface area contributed by atoms with Crippen LogP contribution in [0.2, 0.25) is 0 Å². The van der Waals surface area contributed by atoms with E-state index < -0.39 is 0 Å². The fraction of sp³-hybridized carbons (Fsp3) is 0.333. The Morgan fingerprint density at radius 2 is 2.07 bits per heavy atom. The van der Waals surface area contributed by atoms with E-state index in [1.54, 1.807) is 32.2 Å². The molecule has 1 unspecified atom stereocenters. The molecule has 3 aromatic rings. The molecular formula is C21H23N5O3S. The van der Waals surface area contributed by atoms with Crippen molar-refractivity contribution in [2.24, 2.45) is 0 Å². The highest BCUT2D eigenvalue weighted by Gasteiger charge is 2.23. The zero-order chi connectivity index (χ0) is 20.9. The molecule has 0 aromatic carbocycles. The zero-order valence-electron chi connectivity index (χ0n) is 17.1. The number of anilines is 1. The van der Waals surface area contributed by atoms with E-state index in [9.17, 15) is 0 Å². The highest BCUT2D eigenvalue weighted by molar-refractivity contribution is 7.98. The molecule has 4 heterocycles. The Bertz CT molecular complexity index is 1030. The number of nitrogens with zero attached hydrogens (tertiary/aromatic N) is 4. The lowest BCUT2D eigenvalue weighted by Crippen LogP contribution is -2.12. The van der Waals surface area contributed by atoms with Crippen LogP contribution in [-0.2, 0) is 6.42 Å². The van der Waals surface area contributed by atoms with Gasteiger partial charge in [-0.05, 0) is 18.4 Å². The lowest BCUT2D eigenvalue weighted by Gasteiger charge is -2.18. The Balaban J connectivity index is 1.52. The van der Waals surface area contributed by atoms with Crippen molar-refractivity contribution in [3.63, 3.8) is 0 Å². The Hall–Kier alpha value is -3.07. The second kappa shape index (κ2) is 9.17. The molecule has 1 aliphatic rings. The molecule has 156 valence electrons. The average molecular weight is 426 g/mol. The molecule has 0 bridgehead atoms. The van der Waals surface area contributed by atoms with Crippen molar-refractivity contribution in [3.8, 4) is 28.6 Å². The SMILES string of the molecule is COc1cc(-c2cc(NCC(SC)c3ccnc4c3OCC4)ncn2)cnc1OC. The van der Waals surface area contributed by atoms with Gasteiger partial charge >= 0.3 is 0 Å². The number of rotatable bonds is 8. The molecule has 0 spiro atoms. The Morgan fingerprint density at radius 3 is 2.87 bits per heavy atom. The number of aromatic nitrogens is 4. The number of hydrogen-bond acceptors (Lipinski definition) is 9. The normalized spacial score (nSPS) is 13.3. The molecule has 0 saturated heterocycles. The smallest absolute Gasteiger partial charge is 0.256 e. The van der Waals surface area contributed by atoms with Gasteiger partial charge in [0.1, 0.15) is 17.9 Å². The molecule has 1 atom stereocenters. The number of thioether (sulfide) groups is 1. The van der Waals surface area contributed by atoms with Gasteiger partial charge in [0.15, 0.2) is 5.75 Å². The summed E-state index contributed by atoms with van der Waals surface area (Å²) in [5.74, 6) is 2.65. The number of hydrogen-bond donors (Lipinski definition) is 1. The Morgan fingerprint density at radius 1 is 1.17 bits per heavy atom. The summed E-state index contributed by atoms with van der Waals surface area (Å²) < 4.78 is 16.4. The number of methoxy groups -OCH3 is 2. The maximum absolute atomic E-state index is 5.82. The van der Waals surface area contributed by atoms with Crippen LogP contribution in [0.5, 0.6) is 17.4 Å². The van der Waals surface area contributed by atoms with Crippen molar-refractivity contribution < 1.29 is 14.2 Å². The third kappa shape index (κ3) is 4.11. The summed E-state index contributed by atoms with van der Waals surface area (Å²) in [5.41, 5.74) is 3.77. The van der Waals surface area contributed by atoms with Crippen LogP contribution in [0.15, 0.2) is 36.9 Å². The molecule has 0 amide bonds. The first-order valence-electron chi connectivity index (χ1n) is 9.51. The van der Waals surface area contributed by atoms with E-state index in [4.69, 9.17) is 14.2 Å². The quantitative estimate of drug-likeness (QED) is 0.583. The van der Waals surface area contributed by atoms with E-state index in [0.29, 0.717) is 24.8 Å². The van der Waals surface area contributed by atoms with Gasteiger partial charge in [0, 0.05) is 42.6 Å². The minimum Gasteiger partial charge on any atom is -0.491 e. The van der Waals surface area contributed by atoms with Gasteiger partial charge in [-0.25, -0.2) is 15.0 Å². The predicted octanol–water partition coefficient (Wildman–Crippen LogP) is 3.40. The van der Waals surface area contributed by atoms with Crippen molar-refractivity contribution in [2.75, 3.05) is 38.9 Å². The minimum atomic E-state index is 0.209. The molecular weight excluding hydrogens is 402 g/mol. The summed E-state index contributed by atoms with van der Waals surface area (Å²) in [6.45, 7) is 1.39. The van der Waals surface area contributed by atoms with E-state index in [0.717, 1.165) is 40.5 Å². The second-order valence-corrected chi connectivity index (χ2v) is 7.64. The van der Waals surface area contributed by atoms with Crippen molar-refractivity contribution in [2.45, 2.75) is 11.7 Å². The summed E-state index contributed by atoms with van der Waals surface area (Å²) in [6, 6.07) is 5.78. The van der Waals surface area contributed by atoms with Gasteiger partial charge in [-0.1, -0.05) is 0 Å². The maximum atomic E-state index is 5.82. The molecule has 0 saturated carbocycles. The fourth-order valence-corrected chi connectivity index (χ4v) is 4.05. The maximum Gasteiger partial charge on any atom is 0.256 e. The van der Waals surface area contributed by atoms with Crippen LogP contribution < -0.4 is 19.5 Å². The number of fused-ring (bicyclic) bond motifs is 1. The van der Waals surface area contributed by atoms with Gasteiger partial charge in [-0.15, -0.1) is 0 Å². The lowest BCUT2D eigenvalue weighted by atomic mass is 10.1. The molecule has 0 aliphatic carbocycles. The average Bonchev–Trinajstić information content (AvgIpc) is 3.29. The van der Waals surface area contributed by atoms with Crippen LogP contribution in [0.25, 0.3) is 11.3 Å². The van der Waals surface area contributed by atoms with Gasteiger partial charge in [-0.2, -0.15) is 11.8 Å². The third-order valence-corrected chi connectivity index (χ3v) is 5.88. The highest BCUT2D eigenvalue weighted by Crippen LogP contribution is 2.37. The predicted molar refractivity (Wildman–Crippen MR) is 117 cm³/mol. The second-order valence-electron chi connectivity index (χ2n) is 6.60. The molecule has 0 fully saturated rings. The largest absolute Gasteiger partial charge is 0.491 e. The lowest BCUT2D eigenvalue weighted by molar-refractivity contribution is 0.343. The Labute approximate surface area is 179 Å². The molecule has 0 radical (unpaired) electrons. The zero-order valence-corrected chi connectivity index (χ0v) is 17.9. The van der Waals surface area contributed by atoms with Crippen LogP contribution in [0.3, 0.4) is 0 Å². The van der Waals surface area contributed by atoms with E-state index in [1.165, 1.54) is 6.33 Å². The fourth-order valence-electron chi connectivity index (χ4n) is 3.36. The van der Waals surface area contributed by atoms with E-state index in [1.807, 2.05) is 24.4 Å². The topological polar surface area (TPSA) is 91.3 Å². The van der Waals surface area contributed by atoms with Gasteiger partial charge < -0.3 is 19.5 Å². The van der Waals surface area contributed by atoms with Crippen LogP contribution >= 0.6 is 11.8 Å². The van der Waals surface area contributed by atoms with E-state index in [-0.39, 0.29) is 5.25 Å². The van der Waals surface area contributed by atoms with Crippen LogP contribution in [0, 0.1) is 0 Å². The van der Waals surface area contributed by atoms with E-state index in [2.05, 4.69) is 31.5 Å². The van der Waals surface area contributed by atoms with Crippen molar-refractivity contribution >= 4 is 17.6 Å². The van der Waals surface area contributed by atoms with Crippen LogP contribution in [0.1, 0.15) is 16.5 Å².